The molecule has 0 aromatic rings. The van der Waals surface area contributed by atoms with Crippen LogP contribution in [0, 0.1) is 11.3 Å². The lowest BCUT2D eigenvalue weighted by Crippen LogP contribution is -2.65. The summed E-state index contributed by atoms with van der Waals surface area (Å²) >= 11 is 0. The van der Waals surface area contributed by atoms with Gasteiger partial charge in [-0.05, 0) is 195 Å². The van der Waals surface area contributed by atoms with Crippen molar-refractivity contribution in [2.75, 3.05) is 85.6 Å². The lowest BCUT2D eigenvalue weighted by atomic mass is 9.67. The van der Waals surface area contributed by atoms with E-state index >= 15 is 0 Å². The first-order chi connectivity index (χ1) is 31.2. The number of hydrogen-bond donors (Lipinski definition) is 2. The van der Waals surface area contributed by atoms with Crippen molar-refractivity contribution in [1.29, 1.82) is 0 Å². The number of hydrogen-bond acceptors (Lipinski definition) is 13. The smallest absolute Gasteiger partial charge is 0.403 e. The van der Waals surface area contributed by atoms with Crippen molar-refractivity contribution >= 4 is 43.0 Å². The summed E-state index contributed by atoms with van der Waals surface area (Å²) in [4.78, 5) is 0. The van der Waals surface area contributed by atoms with E-state index in [1.54, 1.807) is 0 Å². The molecule has 2 saturated heterocycles. The van der Waals surface area contributed by atoms with Crippen LogP contribution in [-0.4, -0.2) is 143 Å². The van der Waals surface area contributed by atoms with Crippen LogP contribution in [0.15, 0.2) is 0 Å². The maximum Gasteiger partial charge on any atom is 0.500 e. The Morgan fingerprint density at radius 2 is 1.14 bits per heavy atom. The molecule has 1 saturated carbocycles. The standard InChI is InChI=1S/C47H104N4O9Si5/c1-13-52-62(37-26-36-51(62)61(10,11)12)45(28-33-46(43-49)30-22-27-44(41-46)42-48)29-34-47(50-35-25-38-63(50,53-14-2)54-15-3,31-23-39-64(55-16-4,56-17-5)57-18-6)32-24-40-65(58-19-7,59-20-8)60-21-9/h44-45H,13-43,48-49H2,1-12H3. The molecule has 3 aliphatic rings. The monoisotopic (exact) mass is 1010 g/mol. The van der Waals surface area contributed by atoms with E-state index in [2.05, 4.69) is 90.8 Å². The van der Waals surface area contributed by atoms with Crippen molar-refractivity contribution in [3.63, 3.8) is 0 Å². The van der Waals surface area contributed by atoms with Crippen LogP contribution in [0.3, 0.4) is 0 Å². The van der Waals surface area contributed by atoms with E-state index in [4.69, 9.17) is 51.3 Å². The highest BCUT2D eigenvalue weighted by atomic mass is 28.4. The molecular formula is C47H104N4O9Si5. The van der Waals surface area contributed by atoms with Crippen molar-refractivity contribution < 1.29 is 39.8 Å². The van der Waals surface area contributed by atoms with Crippen LogP contribution in [0.5, 0.6) is 0 Å². The third-order valence-corrected chi connectivity index (χ3v) is 35.2. The second-order valence-corrected chi connectivity index (χ2v) is 37.8. The average Bonchev–Trinajstić information content (AvgIpc) is 3.90. The van der Waals surface area contributed by atoms with E-state index in [-0.39, 0.29) is 11.0 Å². The van der Waals surface area contributed by atoms with Gasteiger partial charge in [0.1, 0.15) is 8.24 Å². The van der Waals surface area contributed by atoms with Gasteiger partial charge in [0.05, 0.1) is 0 Å². The van der Waals surface area contributed by atoms with Crippen LogP contribution in [0.4, 0.5) is 0 Å². The third kappa shape index (κ3) is 16.0. The third-order valence-electron chi connectivity index (χ3n) is 15.0. The highest BCUT2D eigenvalue weighted by Gasteiger charge is 2.59. The van der Waals surface area contributed by atoms with Gasteiger partial charge >= 0.3 is 26.3 Å². The van der Waals surface area contributed by atoms with Crippen molar-refractivity contribution in [2.24, 2.45) is 22.8 Å². The Hall–Kier alpha value is 0.564. The molecule has 65 heavy (non-hydrogen) atoms. The molecule has 4 N–H and O–H groups in total. The molecule has 4 atom stereocenters. The Balaban J connectivity index is 2.29. The summed E-state index contributed by atoms with van der Waals surface area (Å²) in [7, 11) is -12.8. The topological polar surface area (TPSA) is 142 Å². The molecular weight excluding hydrogens is 905 g/mol. The summed E-state index contributed by atoms with van der Waals surface area (Å²) in [5.41, 5.74) is 13.6. The molecule has 13 nitrogen and oxygen atoms in total. The van der Waals surface area contributed by atoms with Crippen LogP contribution >= 0.6 is 0 Å². The van der Waals surface area contributed by atoms with Gasteiger partial charge in [-0.3, -0.25) is 4.57 Å². The molecule has 2 heterocycles. The Morgan fingerprint density at radius 1 is 0.631 bits per heavy atom. The normalized spacial score (nSPS) is 24.4. The van der Waals surface area contributed by atoms with E-state index < -0.39 is 43.0 Å². The summed E-state index contributed by atoms with van der Waals surface area (Å²) in [6, 6.07) is 3.74. The summed E-state index contributed by atoms with van der Waals surface area (Å²) in [5, 5.41) is 0. The van der Waals surface area contributed by atoms with Crippen LogP contribution in [0.25, 0.3) is 0 Å². The fourth-order valence-corrected chi connectivity index (χ4v) is 32.9. The summed E-state index contributed by atoms with van der Waals surface area (Å²) in [6.45, 7) is 35.7. The Labute approximate surface area is 405 Å². The maximum absolute atomic E-state index is 7.47. The van der Waals surface area contributed by atoms with Gasteiger partial charge in [-0.25, -0.2) is 0 Å². The number of rotatable bonds is 37. The van der Waals surface area contributed by atoms with E-state index in [0.29, 0.717) is 64.3 Å². The summed E-state index contributed by atoms with van der Waals surface area (Å²) in [5.74, 6) is 0.563. The first-order valence-corrected chi connectivity index (χ1v) is 38.3. The second kappa shape index (κ2) is 29.2. The van der Waals surface area contributed by atoms with E-state index in [9.17, 15) is 0 Å². The summed E-state index contributed by atoms with van der Waals surface area (Å²) in [6.07, 6.45) is 15.3. The molecule has 18 heteroatoms. The largest absolute Gasteiger partial charge is 0.500 e. The molecule has 2 aliphatic heterocycles. The number of nitrogens with two attached hydrogens (primary N) is 2. The van der Waals surface area contributed by atoms with Crippen LogP contribution < -0.4 is 11.5 Å². The van der Waals surface area contributed by atoms with Gasteiger partial charge in [0.15, 0.2) is 0 Å². The minimum absolute atomic E-state index is 0.139. The Morgan fingerprint density at radius 3 is 1.58 bits per heavy atom. The molecule has 0 aromatic carbocycles. The SMILES string of the molecule is CCO[Si](CCCC(CCC[Si](OCC)(OCC)OCC)(CCC(CCC1(CN)CCCC(CN)C1)[Si]1(OCC)CCCN1[Si](C)(C)C)N1CCC[Si]1(OCC)OCC)(OCC)OCC. The quantitative estimate of drug-likeness (QED) is 0.0571. The zero-order chi connectivity index (χ0) is 48.1. The maximum atomic E-state index is 7.47. The fraction of sp³-hybridized carbons (Fsp3) is 1.00. The molecule has 0 spiro atoms. The zero-order valence-electron chi connectivity index (χ0n) is 44.3. The highest BCUT2D eigenvalue weighted by molar-refractivity contribution is 6.89. The second-order valence-electron chi connectivity index (χ2n) is 20.1. The van der Waals surface area contributed by atoms with Crippen LogP contribution in [0.2, 0.25) is 49.4 Å². The van der Waals surface area contributed by atoms with Crippen molar-refractivity contribution in [1.82, 2.24) is 8.80 Å². The minimum Gasteiger partial charge on any atom is -0.403 e. The molecule has 3 rings (SSSR count). The van der Waals surface area contributed by atoms with Gasteiger partial charge in [0.2, 0.25) is 0 Å². The van der Waals surface area contributed by atoms with E-state index in [1.165, 1.54) is 31.7 Å². The van der Waals surface area contributed by atoms with E-state index in [1.807, 2.05) is 0 Å². The van der Waals surface area contributed by atoms with Crippen molar-refractivity contribution in [3.8, 4) is 0 Å². The van der Waals surface area contributed by atoms with Crippen LogP contribution in [-0.2, 0) is 39.8 Å². The first-order valence-electron chi connectivity index (χ1n) is 26.9. The van der Waals surface area contributed by atoms with Crippen molar-refractivity contribution in [3.05, 3.63) is 0 Å². The van der Waals surface area contributed by atoms with Gasteiger partial charge < -0.3 is 55.5 Å². The minimum atomic E-state index is -2.93. The molecule has 386 valence electrons. The lowest BCUT2D eigenvalue weighted by molar-refractivity contribution is 0.0476. The molecule has 0 bridgehead atoms. The highest BCUT2D eigenvalue weighted by Crippen LogP contribution is 2.52. The van der Waals surface area contributed by atoms with E-state index in [0.717, 1.165) is 115 Å². The average molecular weight is 1010 g/mol. The molecule has 3 fully saturated rings. The molecule has 4 unspecified atom stereocenters. The van der Waals surface area contributed by atoms with Crippen molar-refractivity contribution in [2.45, 2.75) is 207 Å². The number of nitrogens with zero attached hydrogens (tertiary/aromatic N) is 2. The molecule has 0 amide bonds. The van der Waals surface area contributed by atoms with Gasteiger partial charge in [-0.15, -0.1) is 0 Å². The van der Waals surface area contributed by atoms with Crippen LogP contribution in [0.1, 0.15) is 152 Å². The van der Waals surface area contributed by atoms with Gasteiger partial charge in [0.25, 0.3) is 8.48 Å². The predicted octanol–water partition coefficient (Wildman–Crippen LogP) is 10.1. The summed E-state index contributed by atoms with van der Waals surface area (Å²) < 4.78 is 66.5. The van der Waals surface area contributed by atoms with Gasteiger partial charge in [0, 0.05) is 83.1 Å². The molecule has 0 aromatic heterocycles. The fourth-order valence-electron chi connectivity index (χ4n) is 12.7. The first kappa shape index (κ1) is 59.9. The zero-order valence-corrected chi connectivity index (χ0v) is 49.3. The lowest BCUT2D eigenvalue weighted by Gasteiger charge is -2.52. The molecule has 1 aliphatic carbocycles. The predicted molar refractivity (Wildman–Crippen MR) is 279 cm³/mol. The van der Waals surface area contributed by atoms with Gasteiger partial charge in [-0.2, -0.15) is 0 Å². The molecule has 0 radical (unpaired) electrons. The Bertz CT molecular complexity index is 1220. The Kier molecular flexibility index (Phi) is 26.9. The van der Waals surface area contributed by atoms with Gasteiger partial charge in [-0.1, -0.05) is 26.1 Å².